The molecule has 1 heterocycles. The van der Waals surface area contributed by atoms with E-state index in [1.807, 2.05) is 43.3 Å². The van der Waals surface area contributed by atoms with Crippen molar-refractivity contribution in [2.24, 2.45) is 0 Å². The summed E-state index contributed by atoms with van der Waals surface area (Å²) >= 11 is 5.88. The molecule has 1 amide bonds. The molecular formula is C22H28ClN3O2. The summed E-state index contributed by atoms with van der Waals surface area (Å²) in [6, 6.07) is 13.5. The third kappa shape index (κ3) is 6.23. The van der Waals surface area contributed by atoms with Crippen molar-refractivity contribution in [2.45, 2.75) is 13.8 Å². The van der Waals surface area contributed by atoms with Crippen molar-refractivity contribution >= 4 is 23.2 Å². The molecule has 0 aliphatic carbocycles. The Bertz CT molecular complexity index is 787. The molecular weight excluding hydrogens is 374 g/mol. The molecule has 0 aromatic heterocycles. The van der Waals surface area contributed by atoms with Gasteiger partial charge < -0.3 is 10.1 Å². The summed E-state index contributed by atoms with van der Waals surface area (Å²) in [5, 5.41) is 3.74. The van der Waals surface area contributed by atoms with Crippen molar-refractivity contribution in [2.75, 3.05) is 51.2 Å². The highest BCUT2D eigenvalue weighted by Gasteiger charge is 2.19. The number of nitrogens with one attached hydrogen (secondary N) is 1. The summed E-state index contributed by atoms with van der Waals surface area (Å²) in [4.78, 5) is 16.9. The maximum absolute atomic E-state index is 12.4. The fourth-order valence-electron chi connectivity index (χ4n) is 3.34. The summed E-state index contributed by atoms with van der Waals surface area (Å²) in [6.07, 6.45) is 0. The standard InChI is InChI=1S/C22H28ClN3O2/c1-17-3-8-21(18(2)15-17)24-22(27)16-26-11-9-25(10-12-26)13-14-28-20-6-4-19(23)5-7-20/h3-8,15H,9-14,16H2,1-2H3,(H,24,27). The second-order valence-electron chi connectivity index (χ2n) is 7.29. The summed E-state index contributed by atoms with van der Waals surface area (Å²) in [5.74, 6) is 0.887. The number of carbonyl (C=O) groups excluding carboxylic acids is 1. The number of rotatable bonds is 7. The van der Waals surface area contributed by atoms with Gasteiger partial charge in [0.1, 0.15) is 12.4 Å². The van der Waals surface area contributed by atoms with Crippen LogP contribution >= 0.6 is 11.6 Å². The number of piperazine rings is 1. The number of hydrogen-bond acceptors (Lipinski definition) is 4. The summed E-state index contributed by atoms with van der Waals surface area (Å²) in [6.45, 7) is 9.71. The van der Waals surface area contributed by atoms with Gasteiger partial charge in [-0.3, -0.25) is 14.6 Å². The number of aryl methyl sites for hydroxylation is 2. The van der Waals surface area contributed by atoms with Crippen molar-refractivity contribution in [3.8, 4) is 5.75 Å². The smallest absolute Gasteiger partial charge is 0.238 e. The van der Waals surface area contributed by atoms with Gasteiger partial charge in [0.15, 0.2) is 0 Å². The van der Waals surface area contributed by atoms with Gasteiger partial charge in [-0.1, -0.05) is 29.3 Å². The Morgan fingerprint density at radius 1 is 1.04 bits per heavy atom. The molecule has 1 saturated heterocycles. The van der Waals surface area contributed by atoms with Crippen LogP contribution in [0.3, 0.4) is 0 Å². The highest BCUT2D eigenvalue weighted by molar-refractivity contribution is 6.30. The summed E-state index contributed by atoms with van der Waals surface area (Å²) < 4.78 is 5.76. The van der Waals surface area contributed by atoms with E-state index in [0.717, 1.165) is 49.7 Å². The Morgan fingerprint density at radius 3 is 2.39 bits per heavy atom. The third-order valence-corrected chi connectivity index (χ3v) is 5.23. The maximum atomic E-state index is 12.4. The Hall–Kier alpha value is -2.08. The Labute approximate surface area is 172 Å². The van der Waals surface area contributed by atoms with Gasteiger partial charge in [-0.25, -0.2) is 0 Å². The molecule has 0 spiro atoms. The average Bonchev–Trinajstić information content (AvgIpc) is 2.67. The predicted molar refractivity (Wildman–Crippen MR) is 114 cm³/mol. The van der Waals surface area contributed by atoms with E-state index >= 15 is 0 Å². The first kappa shape index (κ1) is 20.6. The quantitative estimate of drug-likeness (QED) is 0.770. The lowest BCUT2D eigenvalue weighted by atomic mass is 10.1. The van der Waals surface area contributed by atoms with E-state index in [4.69, 9.17) is 16.3 Å². The Kier molecular flexibility index (Phi) is 7.31. The normalized spacial score (nSPS) is 15.4. The minimum atomic E-state index is 0.0477. The highest BCUT2D eigenvalue weighted by Crippen LogP contribution is 2.17. The molecule has 150 valence electrons. The molecule has 0 saturated carbocycles. The van der Waals surface area contributed by atoms with Crippen molar-refractivity contribution in [3.05, 3.63) is 58.6 Å². The molecule has 1 aliphatic rings. The van der Waals surface area contributed by atoms with Crippen LogP contribution in [-0.2, 0) is 4.79 Å². The first-order valence-corrected chi connectivity index (χ1v) is 10.1. The maximum Gasteiger partial charge on any atom is 0.238 e. The molecule has 0 bridgehead atoms. The Morgan fingerprint density at radius 2 is 1.71 bits per heavy atom. The molecule has 0 radical (unpaired) electrons. The van der Waals surface area contributed by atoms with Gasteiger partial charge in [-0.05, 0) is 49.7 Å². The number of nitrogens with zero attached hydrogens (tertiary/aromatic N) is 2. The van der Waals surface area contributed by atoms with E-state index in [1.165, 1.54) is 5.56 Å². The lowest BCUT2D eigenvalue weighted by molar-refractivity contribution is -0.117. The largest absolute Gasteiger partial charge is 0.492 e. The molecule has 0 unspecified atom stereocenters. The monoisotopic (exact) mass is 401 g/mol. The van der Waals surface area contributed by atoms with Gasteiger partial charge in [0.25, 0.3) is 0 Å². The highest BCUT2D eigenvalue weighted by atomic mass is 35.5. The number of amides is 1. The van der Waals surface area contributed by atoms with E-state index in [9.17, 15) is 4.79 Å². The van der Waals surface area contributed by atoms with Crippen molar-refractivity contribution in [1.29, 1.82) is 0 Å². The SMILES string of the molecule is Cc1ccc(NC(=O)CN2CCN(CCOc3ccc(Cl)cc3)CC2)c(C)c1. The van der Waals surface area contributed by atoms with Crippen LogP contribution in [0.2, 0.25) is 5.02 Å². The first-order valence-electron chi connectivity index (χ1n) is 9.70. The molecule has 5 nitrogen and oxygen atoms in total. The van der Waals surface area contributed by atoms with E-state index in [2.05, 4.69) is 28.1 Å². The van der Waals surface area contributed by atoms with Gasteiger partial charge in [0.05, 0.1) is 6.54 Å². The predicted octanol–water partition coefficient (Wildman–Crippen LogP) is 3.59. The number of carbonyl (C=O) groups is 1. The van der Waals surface area contributed by atoms with E-state index < -0.39 is 0 Å². The van der Waals surface area contributed by atoms with E-state index in [1.54, 1.807) is 0 Å². The topological polar surface area (TPSA) is 44.8 Å². The minimum Gasteiger partial charge on any atom is -0.492 e. The van der Waals surface area contributed by atoms with Gasteiger partial charge in [-0.15, -0.1) is 0 Å². The summed E-state index contributed by atoms with van der Waals surface area (Å²) in [5.41, 5.74) is 3.19. The van der Waals surface area contributed by atoms with Gasteiger partial charge >= 0.3 is 0 Å². The van der Waals surface area contributed by atoms with Crippen LogP contribution in [0.1, 0.15) is 11.1 Å². The van der Waals surface area contributed by atoms with E-state index in [0.29, 0.717) is 18.2 Å². The van der Waals surface area contributed by atoms with Crippen LogP contribution in [0.4, 0.5) is 5.69 Å². The molecule has 3 rings (SSSR count). The molecule has 2 aromatic carbocycles. The fourth-order valence-corrected chi connectivity index (χ4v) is 3.47. The molecule has 28 heavy (non-hydrogen) atoms. The number of hydrogen-bond donors (Lipinski definition) is 1. The van der Waals surface area contributed by atoms with Crippen LogP contribution in [-0.4, -0.2) is 61.6 Å². The second-order valence-corrected chi connectivity index (χ2v) is 7.72. The lowest BCUT2D eigenvalue weighted by Crippen LogP contribution is -2.49. The molecule has 0 atom stereocenters. The van der Waals surface area contributed by atoms with Crippen LogP contribution in [0, 0.1) is 13.8 Å². The van der Waals surface area contributed by atoms with Crippen LogP contribution in [0.15, 0.2) is 42.5 Å². The van der Waals surface area contributed by atoms with Gasteiger partial charge in [0, 0.05) is 43.4 Å². The van der Waals surface area contributed by atoms with Crippen LogP contribution < -0.4 is 10.1 Å². The fraction of sp³-hybridized carbons (Fsp3) is 0.409. The number of halogens is 1. The van der Waals surface area contributed by atoms with Crippen LogP contribution in [0.25, 0.3) is 0 Å². The molecule has 1 fully saturated rings. The first-order chi connectivity index (χ1) is 13.5. The molecule has 6 heteroatoms. The zero-order chi connectivity index (χ0) is 19.9. The number of ether oxygens (including phenoxy) is 1. The number of anilines is 1. The molecule has 1 N–H and O–H groups in total. The minimum absolute atomic E-state index is 0.0477. The summed E-state index contributed by atoms with van der Waals surface area (Å²) in [7, 11) is 0. The van der Waals surface area contributed by atoms with Crippen LogP contribution in [0.5, 0.6) is 5.75 Å². The van der Waals surface area contributed by atoms with Crippen molar-refractivity contribution < 1.29 is 9.53 Å². The third-order valence-electron chi connectivity index (χ3n) is 4.98. The lowest BCUT2D eigenvalue weighted by Gasteiger charge is -2.34. The second kappa shape index (κ2) is 9.92. The van der Waals surface area contributed by atoms with Crippen molar-refractivity contribution in [3.63, 3.8) is 0 Å². The zero-order valence-corrected chi connectivity index (χ0v) is 17.3. The van der Waals surface area contributed by atoms with Crippen molar-refractivity contribution in [1.82, 2.24) is 9.80 Å². The zero-order valence-electron chi connectivity index (χ0n) is 16.6. The van der Waals surface area contributed by atoms with E-state index in [-0.39, 0.29) is 5.91 Å². The molecule has 1 aliphatic heterocycles. The molecule has 2 aromatic rings. The number of benzene rings is 2. The Balaban J connectivity index is 1.35. The average molecular weight is 402 g/mol. The van der Waals surface area contributed by atoms with Gasteiger partial charge in [0.2, 0.25) is 5.91 Å². The van der Waals surface area contributed by atoms with Gasteiger partial charge in [-0.2, -0.15) is 0 Å².